The van der Waals surface area contributed by atoms with Crippen molar-refractivity contribution in [2.24, 2.45) is 29.4 Å². The van der Waals surface area contributed by atoms with E-state index >= 15 is 0 Å². The average molecular weight is 251 g/mol. The summed E-state index contributed by atoms with van der Waals surface area (Å²) in [6.45, 7) is 4.21. The van der Waals surface area contributed by atoms with E-state index in [-0.39, 0.29) is 23.9 Å². The van der Waals surface area contributed by atoms with Gasteiger partial charge in [-0.05, 0) is 50.0 Å². The third kappa shape index (κ3) is 2.05. The molecule has 102 valence electrons. The van der Waals surface area contributed by atoms with Gasteiger partial charge in [-0.25, -0.2) is 0 Å². The molecule has 0 spiro atoms. The molecule has 3 fully saturated rings. The Balaban J connectivity index is 1.61. The number of amides is 1. The Morgan fingerprint density at radius 3 is 2.72 bits per heavy atom. The van der Waals surface area contributed by atoms with Crippen LogP contribution in [0.5, 0.6) is 0 Å². The summed E-state index contributed by atoms with van der Waals surface area (Å²) in [7, 11) is 0. The lowest BCUT2D eigenvalue weighted by Crippen LogP contribution is -2.54. The van der Waals surface area contributed by atoms with Gasteiger partial charge < -0.3 is 16.4 Å². The maximum absolute atomic E-state index is 12.4. The van der Waals surface area contributed by atoms with Crippen molar-refractivity contribution >= 4 is 5.91 Å². The van der Waals surface area contributed by atoms with Gasteiger partial charge in [-0.1, -0.05) is 6.92 Å². The SMILES string of the molecule is CC1CCNCC1NC(=O)C1C2CCC(C2)C1N. The summed E-state index contributed by atoms with van der Waals surface area (Å²) in [6.07, 6.45) is 4.76. The third-order valence-corrected chi connectivity index (χ3v) is 5.44. The molecule has 0 aromatic carbocycles. The Kier molecular flexibility index (Phi) is 3.32. The minimum Gasteiger partial charge on any atom is -0.352 e. The van der Waals surface area contributed by atoms with Crippen LogP contribution in [0.25, 0.3) is 0 Å². The van der Waals surface area contributed by atoms with Crippen LogP contribution in [0.1, 0.15) is 32.6 Å². The van der Waals surface area contributed by atoms with Crippen LogP contribution in [0.4, 0.5) is 0 Å². The summed E-state index contributed by atoms with van der Waals surface area (Å²) >= 11 is 0. The first-order chi connectivity index (χ1) is 8.66. The van der Waals surface area contributed by atoms with Gasteiger partial charge >= 0.3 is 0 Å². The number of nitrogens with two attached hydrogens (primary N) is 1. The monoisotopic (exact) mass is 251 g/mol. The second-order valence-corrected chi connectivity index (χ2v) is 6.52. The molecule has 6 unspecified atom stereocenters. The molecular formula is C14H25N3O. The molecular weight excluding hydrogens is 226 g/mol. The fourth-order valence-electron chi connectivity index (χ4n) is 4.19. The van der Waals surface area contributed by atoms with Crippen molar-refractivity contribution in [3.8, 4) is 0 Å². The van der Waals surface area contributed by atoms with Crippen molar-refractivity contribution in [1.29, 1.82) is 0 Å². The minimum absolute atomic E-state index is 0.0814. The molecule has 1 saturated heterocycles. The van der Waals surface area contributed by atoms with Crippen molar-refractivity contribution < 1.29 is 4.79 Å². The van der Waals surface area contributed by atoms with Crippen LogP contribution in [0.3, 0.4) is 0 Å². The summed E-state index contributed by atoms with van der Waals surface area (Å²) in [4.78, 5) is 12.4. The van der Waals surface area contributed by atoms with Gasteiger partial charge in [0, 0.05) is 18.6 Å². The Labute approximate surface area is 109 Å². The molecule has 2 bridgehead atoms. The van der Waals surface area contributed by atoms with Crippen LogP contribution in [0.15, 0.2) is 0 Å². The van der Waals surface area contributed by atoms with Crippen LogP contribution < -0.4 is 16.4 Å². The standard InChI is InChI=1S/C14H25N3O/c1-8-4-5-16-7-11(8)17-14(18)12-9-2-3-10(6-9)13(12)15/h8-13,16H,2-7,15H2,1H3,(H,17,18). The molecule has 2 aliphatic carbocycles. The van der Waals surface area contributed by atoms with E-state index in [1.54, 1.807) is 0 Å². The topological polar surface area (TPSA) is 67.1 Å². The van der Waals surface area contributed by atoms with Gasteiger partial charge in [-0.2, -0.15) is 0 Å². The lowest BCUT2D eigenvalue weighted by atomic mass is 9.83. The van der Waals surface area contributed by atoms with Crippen molar-refractivity contribution in [3.05, 3.63) is 0 Å². The van der Waals surface area contributed by atoms with Crippen LogP contribution in [0, 0.1) is 23.7 Å². The van der Waals surface area contributed by atoms with Gasteiger partial charge in [0.05, 0.1) is 5.92 Å². The van der Waals surface area contributed by atoms with Gasteiger partial charge in [-0.15, -0.1) is 0 Å². The summed E-state index contributed by atoms with van der Waals surface area (Å²) < 4.78 is 0. The van der Waals surface area contributed by atoms with E-state index in [9.17, 15) is 4.79 Å². The van der Waals surface area contributed by atoms with E-state index < -0.39 is 0 Å². The minimum atomic E-state index is 0.0814. The second-order valence-electron chi connectivity index (χ2n) is 6.52. The highest BCUT2D eigenvalue weighted by Crippen LogP contribution is 2.47. The summed E-state index contributed by atoms with van der Waals surface area (Å²) in [6, 6.07) is 0.396. The maximum atomic E-state index is 12.4. The molecule has 4 nitrogen and oxygen atoms in total. The Morgan fingerprint density at radius 1 is 1.28 bits per heavy atom. The van der Waals surface area contributed by atoms with Crippen LogP contribution in [0.2, 0.25) is 0 Å². The number of piperidine rings is 1. The van der Waals surface area contributed by atoms with Crippen molar-refractivity contribution in [1.82, 2.24) is 10.6 Å². The number of rotatable bonds is 2. The quantitative estimate of drug-likeness (QED) is 0.668. The van der Waals surface area contributed by atoms with Gasteiger partial charge in [-0.3, -0.25) is 4.79 Å². The molecule has 18 heavy (non-hydrogen) atoms. The first-order valence-corrected chi connectivity index (χ1v) is 7.43. The molecule has 3 rings (SSSR count). The molecule has 0 radical (unpaired) electrons. The smallest absolute Gasteiger partial charge is 0.225 e. The average Bonchev–Trinajstić information content (AvgIpc) is 2.92. The largest absolute Gasteiger partial charge is 0.352 e. The molecule has 4 N–H and O–H groups in total. The van der Waals surface area contributed by atoms with Crippen molar-refractivity contribution in [3.63, 3.8) is 0 Å². The Bertz CT molecular complexity index is 331. The molecule has 4 heteroatoms. The fraction of sp³-hybridized carbons (Fsp3) is 0.929. The maximum Gasteiger partial charge on any atom is 0.225 e. The molecule has 2 saturated carbocycles. The highest BCUT2D eigenvalue weighted by molar-refractivity contribution is 5.80. The van der Waals surface area contributed by atoms with Gasteiger partial charge in [0.2, 0.25) is 5.91 Å². The van der Waals surface area contributed by atoms with Crippen LogP contribution in [-0.4, -0.2) is 31.1 Å². The number of hydrogen-bond donors (Lipinski definition) is 3. The van der Waals surface area contributed by atoms with E-state index in [1.807, 2.05) is 0 Å². The number of hydrogen-bond acceptors (Lipinski definition) is 3. The van der Waals surface area contributed by atoms with Crippen molar-refractivity contribution in [2.45, 2.75) is 44.7 Å². The van der Waals surface area contributed by atoms with E-state index in [1.165, 1.54) is 19.3 Å². The molecule has 1 aliphatic heterocycles. The number of carbonyl (C=O) groups is 1. The van der Waals surface area contributed by atoms with Gasteiger partial charge in [0.15, 0.2) is 0 Å². The van der Waals surface area contributed by atoms with Crippen LogP contribution in [-0.2, 0) is 4.79 Å². The van der Waals surface area contributed by atoms with Gasteiger partial charge in [0.25, 0.3) is 0 Å². The molecule has 6 atom stereocenters. The summed E-state index contributed by atoms with van der Waals surface area (Å²) in [5.74, 6) is 2.03. The van der Waals surface area contributed by atoms with Crippen LogP contribution >= 0.6 is 0 Å². The molecule has 1 amide bonds. The highest BCUT2D eigenvalue weighted by atomic mass is 16.2. The van der Waals surface area contributed by atoms with E-state index in [0.29, 0.717) is 17.8 Å². The van der Waals surface area contributed by atoms with Crippen molar-refractivity contribution in [2.75, 3.05) is 13.1 Å². The first-order valence-electron chi connectivity index (χ1n) is 7.43. The zero-order chi connectivity index (χ0) is 12.7. The predicted molar refractivity (Wildman–Crippen MR) is 70.9 cm³/mol. The summed E-state index contributed by atoms with van der Waals surface area (Å²) in [5, 5.41) is 6.60. The fourth-order valence-corrected chi connectivity index (χ4v) is 4.19. The van der Waals surface area contributed by atoms with E-state index in [0.717, 1.165) is 19.5 Å². The van der Waals surface area contributed by atoms with Gasteiger partial charge in [0.1, 0.15) is 0 Å². The molecule has 3 aliphatic rings. The van der Waals surface area contributed by atoms with E-state index in [4.69, 9.17) is 5.73 Å². The Morgan fingerprint density at radius 2 is 2.06 bits per heavy atom. The number of fused-ring (bicyclic) bond motifs is 2. The van der Waals surface area contributed by atoms with E-state index in [2.05, 4.69) is 17.6 Å². The normalized spacial score (nSPS) is 47.2. The zero-order valence-corrected chi connectivity index (χ0v) is 11.2. The lowest BCUT2D eigenvalue weighted by molar-refractivity contribution is -0.128. The zero-order valence-electron chi connectivity index (χ0n) is 11.2. The second kappa shape index (κ2) is 4.82. The predicted octanol–water partition coefficient (Wildman–Crippen LogP) is 0.474. The number of nitrogens with one attached hydrogen (secondary N) is 2. The molecule has 0 aromatic rings. The Hall–Kier alpha value is -0.610. The summed E-state index contributed by atoms with van der Waals surface area (Å²) in [5.41, 5.74) is 6.23. The highest BCUT2D eigenvalue weighted by Gasteiger charge is 2.49. The third-order valence-electron chi connectivity index (χ3n) is 5.44. The molecule has 1 heterocycles. The number of carbonyl (C=O) groups excluding carboxylic acids is 1. The molecule has 0 aromatic heterocycles. The lowest BCUT2D eigenvalue weighted by Gasteiger charge is -2.33. The first kappa shape index (κ1) is 12.4.